The minimum absolute atomic E-state index is 0.241. The van der Waals surface area contributed by atoms with Gasteiger partial charge in [-0.2, -0.15) is 0 Å². The largest absolute Gasteiger partial charge is 0.480 e. The van der Waals surface area contributed by atoms with Crippen LogP contribution in [0.4, 0.5) is 0 Å². The first-order valence-electron chi connectivity index (χ1n) is 9.28. The lowest BCUT2D eigenvalue weighted by Gasteiger charge is -2.25. The molecule has 13 nitrogen and oxygen atoms in total. The summed E-state index contributed by atoms with van der Waals surface area (Å²) in [6.07, 6.45) is -2.04. The molecule has 0 aromatic heterocycles. The van der Waals surface area contributed by atoms with Crippen LogP contribution in [0.2, 0.25) is 0 Å². The van der Waals surface area contributed by atoms with E-state index in [0.717, 1.165) is 6.92 Å². The number of rotatable bonds is 13. The van der Waals surface area contributed by atoms with Crippen LogP contribution >= 0.6 is 0 Å². The van der Waals surface area contributed by atoms with Crippen LogP contribution in [-0.4, -0.2) is 81.8 Å². The zero-order valence-corrected chi connectivity index (χ0v) is 17.1. The fraction of sp³-hybridized carbons (Fsp3) is 0.706. The highest BCUT2D eigenvalue weighted by molar-refractivity contribution is 5.94. The minimum Gasteiger partial charge on any atom is -0.480 e. The van der Waals surface area contributed by atoms with Crippen molar-refractivity contribution < 1.29 is 39.3 Å². The molecule has 5 unspecified atom stereocenters. The highest BCUT2D eigenvalue weighted by Crippen LogP contribution is 2.03. The van der Waals surface area contributed by atoms with Crippen molar-refractivity contribution in [3.63, 3.8) is 0 Å². The molecular weight excluding hydrogens is 402 g/mol. The first-order chi connectivity index (χ1) is 13.8. The Kier molecular flexibility index (Phi) is 11.5. The van der Waals surface area contributed by atoms with E-state index in [-0.39, 0.29) is 18.8 Å². The molecule has 0 aliphatic rings. The molecule has 0 rings (SSSR count). The van der Waals surface area contributed by atoms with Gasteiger partial charge in [-0.25, -0.2) is 4.79 Å². The molecule has 0 spiro atoms. The van der Waals surface area contributed by atoms with E-state index < -0.39 is 66.5 Å². The average Bonchev–Trinajstić information content (AvgIpc) is 2.65. The Hall–Kier alpha value is -2.77. The second kappa shape index (κ2) is 12.7. The second-order valence-corrected chi connectivity index (χ2v) is 7.14. The molecular formula is C17H31N5O8. The van der Waals surface area contributed by atoms with Gasteiger partial charge in [0.15, 0.2) is 6.04 Å². The maximum atomic E-state index is 12.4. The Morgan fingerprint density at radius 1 is 0.900 bits per heavy atom. The van der Waals surface area contributed by atoms with Gasteiger partial charge in [-0.15, -0.1) is 0 Å². The molecule has 172 valence electrons. The van der Waals surface area contributed by atoms with E-state index in [1.165, 1.54) is 0 Å². The molecule has 0 heterocycles. The summed E-state index contributed by atoms with van der Waals surface area (Å²) >= 11 is 0. The van der Waals surface area contributed by atoms with E-state index in [4.69, 9.17) is 16.6 Å². The van der Waals surface area contributed by atoms with Crippen molar-refractivity contribution in [2.45, 2.75) is 63.9 Å². The van der Waals surface area contributed by atoms with Crippen LogP contribution < -0.4 is 27.4 Å². The van der Waals surface area contributed by atoms with Crippen LogP contribution in [0.5, 0.6) is 0 Å². The number of primary amides is 1. The number of aliphatic carboxylic acids is 1. The van der Waals surface area contributed by atoms with Crippen molar-refractivity contribution >= 4 is 29.6 Å². The lowest BCUT2D eigenvalue weighted by molar-refractivity contribution is -0.145. The number of carbonyl (C=O) groups excluding carboxylic acids is 4. The van der Waals surface area contributed by atoms with Gasteiger partial charge in [0.05, 0.1) is 18.8 Å². The summed E-state index contributed by atoms with van der Waals surface area (Å²) < 4.78 is 0. The predicted octanol–water partition coefficient (Wildman–Crippen LogP) is -3.85. The van der Waals surface area contributed by atoms with Crippen LogP contribution in [0.25, 0.3) is 0 Å². The quantitative estimate of drug-likeness (QED) is 0.142. The normalized spacial score (nSPS) is 16.0. The van der Waals surface area contributed by atoms with Gasteiger partial charge in [-0.3, -0.25) is 19.2 Å². The summed E-state index contributed by atoms with van der Waals surface area (Å²) in [5, 5.41) is 34.5. The number of carbonyl (C=O) groups is 5. The molecule has 0 bridgehead atoms. The Bertz CT molecular complexity index is 640. The van der Waals surface area contributed by atoms with Crippen LogP contribution in [0, 0.1) is 5.92 Å². The van der Waals surface area contributed by atoms with Crippen LogP contribution in [-0.2, 0) is 24.0 Å². The third-order valence-corrected chi connectivity index (χ3v) is 4.20. The summed E-state index contributed by atoms with van der Waals surface area (Å²) in [5.41, 5.74) is 10.7. The Morgan fingerprint density at radius 2 is 1.40 bits per heavy atom. The van der Waals surface area contributed by atoms with Crippen LogP contribution in [0.3, 0.4) is 0 Å². The Labute approximate surface area is 173 Å². The zero-order chi connectivity index (χ0) is 23.6. The molecule has 0 aromatic carbocycles. The number of carboxylic acids is 1. The van der Waals surface area contributed by atoms with Crippen molar-refractivity contribution in [3.05, 3.63) is 0 Å². The highest BCUT2D eigenvalue weighted by Gasteiger charge is 2.32. The maximum Gasteiger partial charge on any atom is 0.328 e. The summed E-state index contributed by atoms with van der Waals surface area (Å²) in [6, 6.07) is -5.47. The Balaban J connectivity index is 5.34. The molecule has 0 aromatic rings. The van der Waals surface area contributed by atoms with Crippen molar-refractivity contribution in [1.29, 1.82) is 0 Å². The molecule has 0 radical (unpaired) electrons. The maximum absolute atomic E-state index is 12.4. The third-order valence-electron chi connectivity index (χ3n) is 4.20. The zero-order valence-electron chi connectivity index (χ0n) is 17.1. The number of hydrogen-bond donors (Lipinski definition) is 8. The van der Waals surface area contributed by atoms with Gasteiger partial charge in [0.1, 0.15) is 12.1 Å². The van der Waals surface area contributed by atoms with Gasteiger partial charge < -0.3 is 42.7 Å². The van der Waals surface area contributed by atoms with Gasteiger partial charge in [-0.05, 0) is 19.3 Å². The lowest BCUT2D eigenvalue weighted by atomic mass is 10.0. The number of carboxylic acid groups (broad SMARTS) is 1. The Morgan fingerprint density at radius 3 is 1.80 bits per heavy atom. The van der Waals surface area contributed by atoms with Gasteiger partial charge in [-0.1, -0.05) is 13.8 Å². The smallest absolute Gasteiger partial charge is 0.328 e. The third kappa shape index (κ3) is 9.15. The molecule has 0 saturated heterocycles. The predicted molar refractivity (Wildman–Crippen MR) is 103 cm³/mol. The van der Waals surface area contributed by atoms with Crippen molar-refractivity contribution in [2.24, 2.45) is 17.4 Å². The van der Waals surface area contributed by atoms with Gasteiger partial charge >= 0.3 is 5.97 Å². The van der Waals surface area contributed by atoms with Gasteiger partial charge in [0.25, 0.3) is 0 Å². The van der Waals surface area contributed by atoms with Crippen LogP contribution in [0.15, 0.2) is 0 Å². The number of amides is 4. The summed E-state index contributed by atoms with van der Waals surface area (Å²) in [5.74, 6) is -5.19. The standard InChI is InChI=1S/C17H31N5O8/c1-7(2)12(19)16(28)21-10(6-23)15(27)20-9(4-5-11(18)25)14(26)22-13(8(3)24)17(29)30/h7-10,12-13,23-24H,4-6,19H2,1-3H3,(H2,18,25)(H,20,27)(H,21,28)(H,22,26)(H,29,30). The van der Waals surface area contributed by atoms with Gasteiger partial charge in [0.2, 0.25) is 23.6 Å². The van der Waals surface area contributed by atoms with Crippen molar-refractivity contribution in [2.75, 3.05) is 6.61 Å². The molecule has 0 aliphatic carbocycles. The molecule has 4 amide bonds. The summed E-state index contributed by atoms with van der Waals surface area (Å²) in [7, 11) is 0. The molecule has 10 N–H and O–H groups in total. The molecule has 13 heteroatoms. The highest BCUT2D eigenvalue weighted by atomic mass is 16.4. The number of nitrogens with two attached hydrogens (primary N) is 2. The summed E-state index contributed by atoms with van der Waals surface area (Å²) in [4.78, 5) is 59.1. The average molecular weight is 433 g/mol. The molecule has 30 heavy (non-hydrogen) atoms. The minimum atomic E-state index is -1.66. The second-order valence-electron chi connectivity index (χ2n) is 7.14. The number of aliphatic hydroxyl groups is 2. The number of hydrogen-bond acceptors (Lipinski definition) is 8. The number of nitrogens with one attached hydrogen (secondary N) is 3. The first kappa shape index (κ1) is 27.2. The molecule has 0 fully saturated rings. The topological polar surface area (TPSA) is 234 Å². The fourth-order valence-electron chi connectivity index (χ4n) is 2.24. The van der Waals surface area contributed by atoms with Crippen molar-refractivity contribution in [3.8, 4) is 0 Å². The molecule has 5 atom stereocenters. The lowest BCUT2D eigenvalue weighted by Crippen LogP contribution is -2.59. The summed E-state index contributed by atoms with van der Waals surface area (Å²) in [6.45, 7) is 3.70. The fourth-order valence-corrected chi connectivity index (χ4v) is 2.24. The number of aliphatic hydroxyl groups excluding tert-OH is 2. The SMILES string of the molecule is CC(C)C(N)C(=O)NC(CO)C(=O)NC(CCC(N)=O)C(=O)NC(C(=O)O)C(C)O. The van der Waals surface area contributed by atoms with E-state index in [2.05, 4.69) is 16.0 Å². The van der Waals surface area contributed by atoms with E-state index in [1.54, 1.807) is 13.8 Å². The van der Waals surface area contributed by atoms with E-state index in [0.29, 0.717) is 0 Å². The van der Waals surface area contributed by atoms with Crippen LogP contribution in [0.1, 0.15) is 33.6 Å². The first-order valence-corrected chi connectivity index (χ1v) is 9.28. The van der Waals surface area contributed by atoms with Crippen molar-refractivity contribution in [1.82, 2.24) is 16.0 Å². The molecule has 0 saturated carbocycles. The van der Waals surface area contributed by atoms with E-state index in [9.17, 15) is 34.2 Å². The van der Waals surface area contributed by atoms with Gasteiger partial charge in [0, 0.05) is 6.42 Å². The van der Waals surface area contributed by atoms with E-state index in [1.807, 2.05) is 0 Å². The van der Waals surface area contributed by atoms with E-state index >= 15 is 0 Å². The monoisotopic (exact) mass is 433 g/mol. The molecule has 0 aliphatic heterocycles.